The van der Waals surface area contributed by atoms with Crippen molar-refractivity contribution < 1.29 is 9.53 Å². The van der Waals surface area contributed by atoms with E-state index >= 15 is 0 Å². The van der Waals surface area contributed by atoms with E-state index in [1.807, 2.05) is 6.07 Å². The van der Waals surface area contributed by atoms with Gasteiger partial charge >= 0.3 is 0 Å². The van der Waals surface area contributed by atoms with Crippen LogP contribution in [0.2, 0.25) is 0 Å². The number of methoxy groups -OCH3 is 1. The van der Waals surface area contributed by atoms with Crippen molar-refractivity contribution >= 4 is 34.6 Å². The Bertz CT molecular complexity index is 560. The molecule has 0 radical (unpaired) electrons. The molecule has 1 atom stereocenters. The van der Waals surface area contributed by atoms with E-state index < -0.39 is 0 Å². The summed E-state index contributed by atoms with van der Waals surface area (Å²) in [6.45, 7) is 3.67. The predicted octanol–water partition coefficient (Wildman–Crippen LogP) is 2.36. The largest absolute Gasteiger partial charge is 0.385 e. The second-order valence-electron chi connectivity index (χ2n) is 5.99. The van der Waals surface area contributed by atoms with Crippen LogP contribution in [-0.2, 0) is 17.6 Å². The maximum absolute atomic E-state index is 12.4. The van der Waals surface area contributed by atoms with Gasteiger partial charge in [0, 0.05) is 32.2 Å². The molecule has 2 N–H and O–H groups in total. The molecule has 1 aliphatic rings. The maximum Gasteiger partial charge on any atom is 0.279 e. The van der Waals surface area contributed by atoms with Crippen LogP contribution >= 0.6 is 23.6 Å². The molecule has 0 saturated carbocycles. The number of ether oxygens (including phenoxy) is 1. The van der Waals surface area contributed by atoms with E-state index in [1.54, 1.807) is 30.5 Å². The summed E-state index contributed by atoms with van der Waals surface area (Å²) in [4.78, 5) is 14.5. The number of hydrogen-bond donors (Lipinski definition) is 2. The molecule has 23 heavy (non-hydrogen) atoms. The second-order valence-corrected chi connectivity index (χ2v) is 7.51. The van der Waals surface area contributed by atoms with Gasteiger partial charge < -0.3 is 10.1 Å². The van der Waals surface area contributed by atoms with Crippen LogP contribution in [0.1, 0.15) is 39.9 Å². The van der Waals surface area contributed by atoms with E-state index in [-0.39, 0.29) is 5.91 Å². The molecular weight excluding hydrogens is 330 g/mol. The Morgan fingerprint density at radius 3 is 3.09 bits per heavy atom. The van der Waals surface area contributed by atoms with Gasteiger partial charge in [-0.3, -0.25) is 15.2 Å². The highest BCUT2D eigenvalue weighted by Crippen LogP contribution is 2.32. The van der Waals surface area contributed by atoms with E-state index in [9.17, 15) is 4.79 Å². The number of carbonyl (C=O) groups is 1. The average molecular weight is 356 g/mol. The molecule has 0 fully saturated rings. The van der Waals surface area contributed by atoms with E-state index in [0.717, 1.165) is 30.7 Å². The van der Waals surface area contributed by atoms with Crippen LogP contribution in [0, 0.1) is 5.92 Å². The zero-order chi connectivity index (χ0) is 16.8. The fourth-order valence-corrected chi connectivity index (χ4v) is 3.85. The number of carbonyl (C=O) groups excluding carboxylic acids is 1. The lowest BCUT2D eigenvalue weighted by atomic mass is 9.90. The van der Waals surface area contributed by atoms with Crippen molar-refractivity contribution in [3.63, 3.8) is 0 Å². The molecule has 1 aliphatic carbocycles. The third-order valence-electron chi connectivity index (χ3n) is 3.93. The number of amides is 1. The fourth-order valence-electron chi connectivity index (χ4n) is 2.61. The van der Waals surface area contributed by atoms with Crippen LogP contribution in [0.25, 0.3) is 0 Å². The first-order chi connectivity index (χ1) is 11.0. The summed E-state index contributed by atoms with van der Waals surface area (Å²) in [5.74, 6) is 0.611. The minimum absolute atomic E-state index is 0.0967. The molecule has 1 aromatic rings. The normalized spacial score (nSPS) is 16.6. The van der Waals surface area contributed by atoms with Gasteiger partial charge in [0.2, 0.25) is 0 Å². The summed E-state index contributed by atoms with van der Waals surface area (Å²) in [6.07, 6.45) is 4.25. The summed E-state index contributed by atoms with van der Waals surface area (Å²) in [5.41, 5.74) is 4.16. The lowest BCUT2D eigenvalue weighted by Gasteiger charge is -2.21. The lowest BCUT2D eigenvalue weighted by Crippen LogP contribution is -2.48. The number of nitrogens with zero attached hydrogens (tertiary/aromatic N) is 1. The fraction of sp³-hybridized carbons (Fsp3) is 0.625. The van der Waals surface area contributed by atoms with Gasteiger partial charge in [-0.1, -0.05) is 6.92 Å². The van der Waals surface area contributed by atoms with Gasteiger partial charge in [-0.15, -0.1) is 11.3 Å². The summed E-state index contributed by atoms with van der Waals surface area (Å²) < 4.78 is 4.99. The van der Waals surface area contributed by atoms with Crippen LogP contribution < -0.4 is 10.7 Å². The van der Waals surface area contributed by atoms with Crippen LogP contribution in [0.3, 0.4) is 0 Å². The van der Waals surface area contributed by atoms with Gasteiger partial charge in [0.25, 0.3) is 5.91 Å². The topological polar surface area (TPSA) is 53.6 Å². The minimum atomic E-state index is -0.0967. The summed E-state index contributed by atoms with van der Waals surface area (Å²) in [7, 11) is 3.42. The lowest BCUT2D eigenvalue weighted by molar-refractivity contribution is 0.0890. The van der Waals surface area contributed by atoms with E-state index in [1.165, 1.54) is 16.9 Å². The highest BCUT2D eigenvalue weighted by molar-refractivity contribution is 7.80. The van der Waals surface area contributed by atoms with Gasteiger partial charge in [-0.2, -0.15) is 0 Å². The summed E-state index contributed by atoms with van der Waals surface area (Å²) >= 11 is 6.86. The SMILES string of the molecule is COCCCNC(=S)N(C)NC(=O)c1cc2c(s1)CC[C@@H](C)C2. The van der Waals surface area contributed by atoms with Crippen molar-refractivity contribution in [1.29, 1.82) is 0 Å². The number of thiophene rings is 1. The number of nitrogens with one attached hydrogen (secondary N) is 2. The van der Waals surface area contributed by atoms with Gasteiger partial charge in [-0.25, -0.2) is 0 Å². The Morgan fingerprint density at radius 1 is 1.57 bits per heavy atom. The first-order valence-electron chi connectivity index (χ1n) is 7.94. The minimum Gasteiger partial charge on any atom is -0.385 e. The molecule has 1 aromatic heterocycles. The van der Waals surface area contributed by atoms with Crippen molar-refractivity contribution in [2.45, 2.75) is 32.6 Å². The third kappa shape index (κ3) is 5.16. The van der Waals surface area contributed by atoms with Crippen molar-refractivity contribution in [2.75, 3.05) is 27.3 Å². The van der Waals surface area contributed by atoms with Crippen molar-refractivity contribution in [1.82, 2.24) is 15.8 Å². The number of hydrazine groups is 1. The Hall–Kier alpha value is -1.18. The maximum atomic E-state index is 12.4. The first-order valence-corrected chi connectivity index (χ1v) is 9.16. The zero-order valence-electron chi connectivity index (χ0n) is 14.0. The molecule has 0 aliphatic heterocycles. The van der Waals surface area contributed by atoms with E-state index in [4.69, 9.17) is 17.0 Å². The Balaban J connectivity index is 1.85. The van der Waals surface area contributed by atoms with Gasteiger partial charge in [0.05, 0.1) is 4.88 Å². The van der Waals surface area contributed by atoms with E-state index in [0.29, 0.717) is 17.6 Å². The first kappa shape index (κ1) is 18.2. The van der Waals surface area contributed by atoms with E-state index in [2.05, 4.69) is 17.7 Å². The molecule has 0 aromatic carbocycles. The van der Waals surface area contributed by atoms with Crippen LogP contribution in [0.4, 0.5) is 0 Å². The predicted molar refractivity (Wildman–Crippen MR) is 97.8 cm³/mol. The Morgan fingerprint density at radius 2 is 2.35 bits per heavy atom. The average Bonchev–Trinajstić information content (AvgIpc) is 2.94. The molecule has 2 rings (SSSR count). The highest BCUT2D eigenvalue weighted by Gasteiger charge is 2.21. The van der Waals surface area contributed by atoms with Crippen molar-refractivity contribution in [3.8, 4) is 0 Å². The highest BCUT2D eigenvalue weighted by atomic mass is 32.1. The summed E-state index contributed by atoms with van der Waals surface area (Å²) in [5, 5.41) is 5.16. The van der Waals surface area contributed by atoms with Crippen LogP contribution in [-0.4, -0.2) is 43.3 Å². The number of aryl methyl sites for hydroxylation is 1. The second kappa shape index (κ2) is 8.61. The number of thiocarbonyl (C=S) groups is 1. The standard InChI is InChI=1S/C16H25N3O2S2/c1-11-5-6-13-12(9-11)10-14(23-13)15(20)18-19(2)16(22)17-7-4-8-21-3/h10-11H,4-9H2,1-3H3,(H,17,22)(H,18,20)/t11-/m1/s1. The molecule has 0 unspecified atom stereocenters. The van der Waals surface area contributed by atoms with Crippen molar-refractivity contribution in [2.24, 2.45) is 5.92 Å². The molecule has 0 spiro atoms. The molecule has 128 valence electrons. The monoisotopic (exact) mass is 355 g/mol. The molecule has 5 nitrogen and oxygen atoms in total. The van der Waals surface area contributed by atoms with Crippen molar-refractivity contribution in [3.05, 3.63) is 21.4 Å². The molecule has 0 saturated heterocycles. The molecule has 1 amide bonds. The third-order valence-corrected chi connectivity index (χ3v) is 5.58. The van der Waals surface area contributed by atoms with Gasteiger partial charge in [0.15, 0.2) is 5.11 Å². The Kier molecular flexibility index (Phi) is 6.80. The Labute approximate surface area is 147 Å². The van der Waals surface area contributed by atoms with Gasteiger partial charge in [-0.05, 0) is 55.4 Å². The van der Waals surface area contributed by atoms with Crippen LogP contribution in [0.5, 0.6) is 0 Å². The number of hydrogen-bond acceptors (Lipinski definition) is 4. The molecule has 0 bridgehead atoms. The van der Waals surface area contributed by atoms with Crippen LogP contribution in [0.15, 0.2) is 6.07 Å². The smallest absolute Gasteiger partial charge is 0.279 e. The molecule has 1 heterocycles. The molecule has 7 heteroatoms. The summed E-state index contributed by atoms with van der Waals surface area (Å²) in [6, 6.07) is 2.04. The zero-order valence-corrected chi connectivity index (χ0v) is 15.6. The quantitative estimate of drug-likeness (QED) is 0.482. The number of fused-ring (bicyclic) bond motifs is 1. The van der Waals surface area contributed by atoms with Gasteiger partial charge in [0.1, 0.15) is 0 Å². The molecular formula is C16H25N3O2S2. The number of rotatable bonds is 5.